The van der Waals surface area contributed by atoms with Crippen LogP contribution in [-0.4, -0.2) is 20.5 Å². The Balaban J connectivity index is 2.02. The first-order chi connectivity index (χ1) is 9.69. The van der Waals surface area contributed by atoms with Crippen molar-refractivity contribution in [2.75, 3.05) is 0 Å². The quantitative estimate of drug-likeness (QED) is 0.843. The molecule has 0 saturated heterocycles. The van der Waals surface area contributed by atoms with Gasteiger partial charge in [-0.2, -0.15) is 4.98 Å². The zero-order chi connectivity index (χ0) is 14.1. The van der Waals surface area contributed by atoms with E-state index < -0.39 is 0 Å². The van der Waals surface area contributed by atoms with Crippen molar-refractivity contribution in [3.05, 3.63) is 45.5 Å². The number of aromatic nitrogens is 3. The van der Waals surface area contributed by atoms with Gasteiger partial charge in [-0.25, -0.2) is 0 Å². The van der Waals surface area contributed by atoms with E-state index in [4.69, 9.17) is 4.52 Å². The van der Waals surface area contributed by atoms with Crippen LogP contribution in [0.3, 0.4) is 0 Å². The molecule has 0 bridgehead atoms. The van der Waals surface area contributed by atoms with E-state index in [1.807, 2.05) is 6.92 Å². The van der Waals surface area contributed by atoms with E-state index in [9.17, 15) is 9.59 Å². The van der Waals surface area contributed by atoms with Crippen LogP contribution in [0.5, 0.6) is 0 Å². The van der Waals surface area contributed by atoms with Gasteiger partial charge in [-0.05, 0) is 18.9 Å². The minimum atomic E-state index is -0.144. The van der Waals surface area contributed by atoms with Gasteiger partial charge in [0.1, 0.15) is 6.54 Å². The minimum absolute atomic E-state index is 0.0970. The van der Waals surface area contributed by atoms with Gasteiger partial charge < -0.3 is 9.09 Å². The lowest BCUT2D eigenvalue weighted by Crippen LogP contribution is -2.28. The summed E-state index contributed by atoms with van der Waals surface area (Å²) in [4.78, 5) is 28.1. The molecule has 0 aromatic carbocycles. The highest BCUT2D eigenvalue weighted by molar-refractivity contribution is 5.97. The summed E-state index contributed by atoms with van der Waals surface area (Å²) < 4.78 is 6.70. The van der Waals surface area contributed by atoms with E-state index in [2.05, 4.69) is 10.1 Å². The maximum absolute atomic E-state index is 12.0. The van der Waals surface area contributed by atoms with Crippen molar-refractivity contribution < 1.29 is 9.32 Å². The van der Waals surface area contributed by atoms with Crippen molar-refractivity contribution in [1.82, 2.24) is 14.7 Å². The second kappa shape index (κ2) is 5.03. The molecule has 3 rings (SSSR count). The Bertz CT molecular complexity index is 715. The highest BCUT2D eigenvalue weighted by atomic mass is 16.5. The summed E-state index contributed by atoms with van der Waals surface area (Å²) in [5.74, 6) is 1.11. The second-order valence-corrected chi connectivity index (χ2v) is 4.85. The molecule has 0 spiro atoms. The Kier molecular flexibility index (Phi) is 3.22. The average molecular weight is 273 g/mol. The zero-order valence-electron chi connectivity index (χ0n) is 11.3. The van der Waals surface area contributed by atoms with Crippen LogP contribution in [0.2, 0.25) is 0 Å². The first kappa shape index (κ1) is 12.8. The van der Waals surface area contributed by atoms with Gasteiger partial charge in [-0.1, -0.05) is 12.1 Å². The summed E-state index contributed by atoms with van der Waals surface area (Å²) in [6, 6.07) is 3.06. The lowest BCUT2D eigenvalue weighted by atomic mass is 9.94. The second-order valence-electron chi connectivity index (χ2n) is 4.85. The molecule has 0 fully saturated rings. The summed E-state index contributed by atoms with van der Waals surface area (Å²) in [7, 11) is 0. The molecule has 2 aromatic heterocycles. The third kappa shape index (κ3) is 2.17. The van der Waals surface area contributed by atoms with E-state index in [1.165, 1.54) is 6.07 Å². The van der Waals surface area contributed by atoms with Crippen LogP contribution in [0, 0.1) is 0 Å². The monoisotopic (exact) mass is 273 g/mol. The Morgan fingerprint density at radius 2 is 2.15 bits per heavy atom. The lowest BCUT2D eigenvalue weighted by Gasteiger charge is -2.18. The van der Waals surface area contributed by atoms with E-state index in [0.717, 1.165) is 18.5 Å². The molecule has 104 valence electrons. The van der Waals surface area contributed by atoms with Crippen molar-refractivity contribution in [3.63, 3.8) is 0 Å². The van der Waals surface area contributed by atoms with Crippen molar-refractivity contribution >= 4 is 5.78 Å². The summed E-state index contributed by atoms with van der Waals surface area (Å²) in [6.07, 6.45) is 2.74. The number of Topliss-reactive ketones (excluding diaryl/α,β-unsaturated/α-hetero) is 1. The Morgan fingerprint density at radius 3 is 2.90 bits per heavy atom. The molecule has 0 radical (unpaired) electrons. The molecular formula is C14H15N3O3. The molecule has 0 aliphatic heterocycles. The molecular weight excluding hydrogens is 258 g/mol. The van der Waals surface area contributed by atoms with Gasteiger partial charge in [-0.3, -0.25) is 9.59 Å². The summed E-state index contributed by atoms with van der Waals surface area (Å²) >= 11 is 0. The molecule has 0 unspecified atom stereocenters. The predicted octanol–water partition coefficient (Wildman–Crippen LogP) is 1.36. The average Bonchev–Trinajstić information content (AvgIpc) is 2.90. The van der Waals surface area contributed by atoms with Crippen molar-refractivity contribution in [3.8, 4) is 0 Å². The first-order valence-corrected chi connectivity index (χ1v) is 6.76. The molecule has 0 N–H and O–H groups in total. The zero-order valence-corrected chi connectivity index (χ0v) is 11.3. The van der Waals surface area contributed by atoms with Crippen LogP contribution in [0.4, 0.5) is 0 Å². The molecule has 1 aliphatic carbocycles. The number of carbonyl (C=O) groups is 1. The summed E-state index contributed by atoms with van der Waals surface area (Å²) in [6.45, 7) is 2.16. The number of carbonyl (C=O) groups excluding carboxylic acids is 1. The van der Waals surface area contributed by atoms with Gasteiger partial charge in [0.05, 0.1) is 0 Å². The molecule has 0 amide bonds. The number of aryl methyl sites for hydroxylation is 1. The smallest absolute Gasteiger partial charge is 0.251 e. The van der Waals surface area contributed by atoms with Gasteiger partial charge in [0.15, 0.2) is 11.6 Å². The first-order valence-electron chi connectivity index (χ1n) is 6.76. The van der Waals surface area contributed by atoms with Crippen LogP contribution < -0.4 is 5.56 Å². The molecule has 2 heterocycles. The Hall–Kier alpha value is -2.24. The standard InChI is InChI=1S/C14H15N3O3/c1-2-12-15-13(20-16-12)8-17-10-4-3-5-11(18)9(10)6-7-14(17)19/h6-7H,2-5,8H2,1H3. The van der Waals surface area contributed by atoms with Crippen molar-refractivity contribution in [2.45, 2.75) is 39.2 Å². The van der Waals surface area contributed by atoms with Gasteiger partial charge in [0.2, 0.25) is 5.89 Å². The van der Waals surface area contributed by atoms with E-state index in [-0.39, 0.29) is 17.9 Å². The molecule has 0 atom stereocenters. The fourth-order valence-corrected chi connectivity index (χ4v) is 2.50. The molecule has 6 heteroatoms. The minimum Gasteiger partial charge on any atom is -0.337 e. The SMILES string of the molecule is CCc1noc(Cn2c3c(ccc2=O)C(=O)CCC3)n1. The topological polar surface area (TPSA) is 78.0 Å². The van der Waals surface area contributed by atoms with E-state index in [0.29, 0.717) is 30.1 Å². The number of hydrogen-bond donors (Lipinski definition) is 0. The Morgan fingerprint density at radius 1 is 1.30 bits per heavy atom. The van der Waals surface area contributed by atoms with Gasteiger partial charge in [-0.15, -0.1) is 0 Å². The highest BCUT2D eigenvalue weighted by Crippen LogP contribution is 2.20. The van der Waals surface area contributed by atoms with Gasteiger partial charge >= 0.3 is 0 Å². The number of rotatable bonds is 3. The third-order valence-corrected chi connectivity index (χ3v) is 3.53. The normalized spacial score (nSPS) is 14.3. The van der Waals surface area contributed by atoms with Crippen LogP contribution >= 0.6 is 0 Å². The lowest BCUT2D eigenvalue weighted by molar-refractivity contribution is 0.0970. The number of nitrogens with zero attached hydrogens (tertiary/aromatic N) is 3. The largest absolute Gasteiger partial charge is 0.337 e. The number of ketones is 1. The number of hydrogen-bond acceptors (Lipinski definition) is 5. The van der Waals surface area contributed by atoms with Crippen LogP contribution in [0.25, 0.3) is 0 Å². The van der Waals surface area contributed by atoms with Crippen molar-refractivity contribution in [1.29, 1.82) is 0 Å². The fraction of sp³-hybridized carbons (Fsp3) is 0.429. The Labute approximate surface area is 115 Å². The van der Waals surface area contributed by atoms with Gasteiger partial charge in [0.25, 0.3) is 5.56 Å². The maximum Gasteiger partial charge on any atom is 0.251 e. The van der Waals surface area contributed by atoms with Crippen LogP contribution in [-0.2, 0) is 19.4 Å². The molecule has 1 aliphatic rings. The van der Waals surface area contributed by atoms with Crippen molar-refractivity contribution in [2.24, 2.45) is 0 Å². The predicted molar refractivity (Wildman–Crippen MR) is 70.7 cm³/mol. The fourth-order valence-electron chi connectivity index (χ4n) is 2.50. The van der Waals surface area contributed by atoms with E-state index in [1.54, 1.807) is 10.6 Å². The molecule has 6 nitrogen and oxygen atoms in total. The van der Waals surface area contributed by atoms with Gasteiger partial charge in [0, 0.05) is 30.2 Å². The summed E-state index contributed by atoms with van der Waals surface area (Å²) in [5, 5.41) is 3.82. The highest BCUT2D eigenvalue weighted by Gasteiger charge is 2.21. The third-order valence-electron chi connectivity index (χ3n) is 3.53. The number of fused-ring (bicyclic) bond motifs is 1. The van der Waals surface area contributed by atoms with Crippen LogP contribution in [0.1, 0.15) is 47.5 Å². The van der Waals surface area contributed by atoms with E-state index >= 15 is 0 Å². The molecule has 2 aromatic rings. The summed E-state index contributed by atoms with van der Waals surface area (Å²) in [5.41, 5.74) is 1.28. The van der Waals surface area contributed by atoms with Crippen LogP contribution in [0.15, 0.2) is 21.5 Å². The number of pyridine rings is 1. The molecule has 20 heavy (non-hydrogen) atoms. The molecule has 0 saturated carbocycles. The maximum atomic E-state index is 12.0.